The van der Waals surface area contributed by atoms with Gasteiger partial charge in [-0.15, -0.1) is 0 Å². The molecule has 3 nitrogen and oxygen atoms in total. The number of hydrogen-bond acceptors (Lipinski definition) is 2. The van der Waals surface area contributed by atoms with E-state index in [9.17, 15) is 13.6 Å². The smallest absolute Gasteiger partial charge is 0.387 e. The van der Waals surface area contributed by atoms with Crippen LogP contribution in [0.1, 0.15) is 48.3 Å². The van der Waals surface area contributed by atoms with Crippen LogP contribution in [-0.4, -0.2) is 12.5 Å². The molecule has 0 spiro atoms. The van der Waals surface area contributed by atoms with Crippen LogP contribution in [-0.2, 0) is 6.42 Å². The summed E-state index contributed by atoms with van der Waals surface area (Å²) in [6.07, 6.45) is 0.954. The molecule has 0 aliphatic carbocycles. The molecule has 25 heavy (non-hydrogen) atoms. The molecule has 1 amide bonds. The summed E-state index contributed by atoms with van der Waals surface area (Å²) in [5.41, 5.74) is 2.53. The summed E-state index contributed by atoms with van der Waals surface area (Å²) < 4.78 is 29.0. The van der Waals surface area contributed by atoms with Crippen LogP contribution < -0.4 is 10.1 Å². The molecule has 0 fully saturated rings. The number of carbonyl (C=O) groups is 1. The molecule has 2 aromatic carbocycles. The fourth-order valence-corrected chi connectivity index (χ4v) is 2.63. The molecule has 0 aromatic heterocycles. The van der Waals surface area contributed by atoms with E-state index in [0.29, 0.717) is 0 Å². The van der Waals surface area contributed by atoms with Crippen LogP contribution in [0.5, 0.6) is 5.75 Å². The highest BCUT2D eigenvalue weighted by atomic mass is 19.3. The molecule has 2 aromatic rings. The summed E-state index contributed by atoms with van der Waals surface area (Å²) in [5, 5.41) is 2.99. The first-order valence-electron chi connectivity index (χ1n) is 8.35. The lowest BCUT2D eigenvalue weighted by Crippen LogP contribution is -2.31. The summed E-state index contributed by atoms with van der Waals surface area (Å²) in [6.45, 7) is 3.22. The summed E-state index contributed by atoms with van der Waals surface area (Å²) in [4.78, 5) is 12.5. The van der Waals surface area contributed by atoms with E-state index in [1.165, 1.54) is 23.8 Å². The first kappa shape index (κ1) is 18.9. The number of alkyl halides is 2. The van der Waals surface area contributed by atoms with Crippen LogP contribution in [0.3, 0.4) is 0 Å². The topological polar surface area (TPSA) is 38.3 Å². The third kappa shape index (κ3) is 5.28. The lowest BCUT2D eigenvalue weighted by atomic mass is 9.94. The van der Waals surface area contributed by atoms with Gasteiger partial charge >= 0.3 is 6.61 Å². The quantitative estimate of drug-likeness (QED) is 0.767. The third-order valence-corrected chi connectivity index (χ3v) is 4.02. The molecule has 0 radical (unpaired) electrons. The second-order valence-corrected chi connectivity index (χ2v) is 6.20. The van der Waals surface area contributed by atoms with Gasteiger partial charge in [0.15, 0.2) is 0 Å². The van der Waals surface area contributed by atoms with Gasteiger partial charge in [0.05, 0.1) is 6.04 Å². The van der Waals surface area contributed by atoms with Crippen molar-refractivity contribution in [2.75, 3.05) is 0 Å². The molecular weight excluding hydrogens is 324 g/mol. The second-order valence-electron chi connectivity index (χ2n) is 6.20. The van der Waals surface area contributed by atoms with Crippen molar-refractivity contribution in [3.63, 3.8) is 0 Å². The lowest BCUT2D eigenvalue weighted by molar-refractivity contribution is -0.0498. The number of carbonyl (C=O) groups excluding carboxylic acids is 1. The summed E-state index contributed by atoms with van der Waals surface area (Å²) in [6, 6.07) is 13.8. The average Bonchev–Trinajstić information content (AvgIpc) is 2.59. The van der Waals surface area contributed by atoms with E-state index in [2.05, 4.69) is 17.0 Å². The Labute approximate surface area is 147 Å². The molecule has 5 heteroatoms. The number of hydrogen-bond donors (Lipinski definition) is 1. The Morgan fingerprint density at radius 3 is 2.36 bits per heavy atom. The largest absolute Gasteiger partial charge is 0.435 e. The maximum absolute atomic E-state index is 12.5. The molecule has 1 N–H and O–H groups in total. The van der Waals surface area contributed by atoms with Crippen LogP contribution in [0.25, 0.3) is 0 Å². The van der Waals surface area contributed by atoms with Crippen LogP contribution in [0.4, 0.5) is 8.78 Å². The molecule has 2 rings (SSSR count). The highest BCUT2D eigenvalue weighted by Crippen LogP contribution is 2.23. The summed E-state index contributed by atoms with van der Waals surface area (Å²) in [5.74, 6) is -0.175. The van der Waals surface area contributed by atoms with E-state index in [0.717, 1.165) is 12.0 Å². The first-order chi connectivity index (χ1) is 11.9. The van der Waals surface area contributed by atoms with E-state index in [4.69, 9.17) is 0 Å². The zero-order valence-corrected chi connectivity index (χ0v) is 14.6. The Bertz CT molecular complexity index is 699. The van der Waals surface area contributed by atoms with Crippen molar-refractivity contribution >= 4 is 5.91 Å². The van der Waals surface area contributed by atoms with Gasteiger partial charge in [0.2, 0.25) is 0 Å². The Kier molecular flexibility index (Phi) is 6.51. The normalized spacial score (nSPS) is 12.3. The van der Waals surface area contributed by atoms with Crippen molar-refractivity contribution in [2.45, 2.75) is 39.8 Å². The Morgan fingerprint density at radius 2 is 1.80 bits per heavy atom. The van der Waals surface area contributed by atoms with Crippen molar-refractivity contribution in [1.29, 1.82) is 0 Å². The fourth-order valence-electron chi connectivity index (χ4n) is 2.63. The number of nitrogens with one attached hydrogen (secondary N) is 1. The number of halogens is 2. The number of ether oxygens (including phenoxy) is 1. The Balaban J connectivity index is 2.17. The number of benzene rings is 2. The molecular formula is C20H23F2NO2. The maximum Gasteiger partial charge on any atom is 0.387 e. The van der Waals surface area contributed by atoms with Crippen molar-refractivity contribution in [2.24, 2.45) is 5.92 Å². The number of amides is 1. The minimum atomic E-state index is -2.92. The minimum absolute atomic E-state index is 0.0314. The van der Waals surface area contributed by atoms with Crippen molar-refractivity contribution < 1.29 is 18.3 Å². The fraction of sp³-hybridized carbons (Fsp3) is 0.350. The van der Waals surface area contributed by atoms with Gasteiger partial charge in [-0.2, -0.15) is 8.78 Å². The minimum Gasteiger partial charge on any atom is -0.435 e. The molecule has 0 saturated carbocycles. The van der Waals surface area contributed by atoms with E-state index >= 15 is 0 Å². The molecule has 0 bridgehead atoms. The standard InChI is InChI=1S/C20H23F2NO2/c1-4-14-8-10-15(11-9-14)18(13(2)3)23-19(24)16-6-5-7-17(12-16)25-20(21)22/h5-13,18,20H,4H2,1-3H3,(H,23,24). The van der Waals surface area contributed by atoms with Gasteiger partial charge in [-0.1, -0.05) is 51.1 Å². The number of aryl methyl sites for hydroxylation is 1. The second kappa shape index (κ2) is 8.60. The van der Waals surface area contributed by atoms with Gasteiger partial charge in [0, 0.05) is 5.56 Å². The van der Waals surface area contributed by atoms with Gasteiger partial charge in [-0.25, -0.2) is 0 Å². The first-order valence-corrected chi connectivity index (χ1v) is 8.35. The van der Waals surface area contributed by atoms with E-state index in [1.54, 1.807) is 6.07 Å². The molecule has 1 unspecified atom stereocenters. The monoisotopic (exact) mass is 347 g/mol. The molecule has 134 valence electrons. The van der Waals surface area contributed by atoms with Crippen LogP contribution in [0.15, 0.2) is 48.5 Å². The van der Waals surface area contributed by atoms with E-state index in [1.807, 2.05) is 38.1 Å². The SMILES string of the molecule is CCc1ccc(C(NC(=O)c2cccc(OC(F)F)c2)C(C)C)cc1. The summed E-state index contributed by atoms with van der Waals surface area (Å²) >= 11 is 0. The van der Waals surface area contributed by atoms with Crippen molar-refractivity contribution in [3.8, 4) is 5.75 Å². The van der Waals surface area contributed by atoms with Gasteiger partial charge in [-0.05, 0) is 41.7 Å². The van der Waals surface area contributed by atoms with Gasteiger partial charge < -0.3 is 10.1 Å². The van der Waals surface area contributed by atoms with Crippen LogP contribution in [0, 0.1) is 5.92 Å². The highest BCUT2D eigenvalue weighted by Gasteiger charge is 2.19. The Morgan fingerprint density at radius 1 is 1.12 bits per heavy atom. The Hall–Kier alpha value is -2.43. The zero-order valence-electron chi connectivity index (χ0n) is 14.6. The van der Waals surface area contributed by atoms with Crippen molar-refractivity contribution in [1.82, 2.24) is 5.32 Å². The maximum atomic E-state index is 12.5. The molecule has 1 atom stereocenters. The van der Waals surface area contributed by atoms with Crippen LogP contribution >= 0.6 is 0 Å². The molecule has 0 heterocycles. The van der Waals surface area contributed by atoms with Gasteiger partial charge in [0.1, 0.15) is 5.75 Å². The van der Waals surface area contributed by atoms with Crippen LogP contribution in [0.2, 0.25) is 0 Å². The molecule has 0 saturated heterocycles. The van der Waals surface area contributed by atoms with E-state index < -0.39 is 6.61 Å². The van der Waals surface area contributed by atoms with Gasteiger partial charge in [0.25, 0.3) is 5.91 Å². The number of rotatable bonds is 7. The lowest BCUT2D eigenvalue weighted by Gasteiger charge is -2.23. The summed E-state index contributed by atoms with van der Waals surface area (Å²) in [7, 11) is 0. The predicted octanol–water partition coefficient (Wildman–Crippen LogP) is 4.98. The van der Waals surface area contributed by atoms with Crippen molar-refractivity contribution in [3.05, 3.63) is 65.2 Å². The van der Waals surface area contributed by atoms with E-state index in [-0.39, 0.29) is 29.2 Å². The molecule has 0 aliphatic heterocycles. The van der Waals surface area contributed by atoms with Gasteiger partial charge in [-0.3, -0.25) is 4.79 Å². The zero-order chi connectivity index (χ0) is 18.4. The average molecular weight is 347 g/mol. The highest BCUT2D eigenvalue weighted by molar-refractivity contribution is 5.94. The molecule has 0 aliphatic rings. The third-order valence-electron chi connectivity index (χ3n) is 4.02. The predicted molar refractivity (Wildman–Crippen MR) is 93.9 cm³/mol.